The lowest BCUT2D eigenvalue weighted by Gasteiger charge is -2.32. The summed E-state index contributed by atoms with van der Waals surface area (Å²) in [6.07, 6.45) is 2.22. The van der Waals surface area contributed by atoms with Crippen molar-refractivity contribution in [2.75, 3.05) is 6.61 Å². The van der Waals surface area contributed by atoms with Crippen molar-refractivity contribution in [2.45, 2.75) is 6.10 Å². The first-order chi connectivity index (χ1) is 8.92. The van der Waals surface area contributed by atoms with Gasteiger partial charge in [0.05, 0.1) is 0 Å². The molecular weight excluding hydrogens is 224 g/mol. The number of ether oxygens (including phenoxy) is 2. The Hall–Kier alpha value is -2.22. The molecule has 0 radical (unpaired) electrons. The van der Waals surface area contributed by atoms with E-state index in [2.05, 4.69) is 18.2 Å². The van der Waals surface area contributed by atoms with Crippen LogP contribution in [0.15, 0.2) is 48.5 Å². The molecule has 2 heteroatoms. The topological polar surface area (TPSA) is 18.5 Å². The first-order valence-electron chi connectivity index (χ1n) is 6.11. The zero-order valence-electron chi connectivity index (χ0n) is 9.80. The van der Waals surface area contributed by atoms with Crippen LogP contribution in [0.4, 0.5) is 0 Å². The lowest BCUT2D eigenvalue weighted by molar-refractivity contribution is 0.159. The molecule has 0 saturated carbocycles. The minimum atomic E-state index is 0.00907. The van der Waals surface area contributed by atoms with Gasteiger partial charge < -0.3 is 9.47 Å². The van der Waals surface area contributed by atoms with Gasteiger partial charge in [-0.3, -0.25) is 0 Å². The highest BCUT2D eigenvalue weighted by Crippen LogP contribution is 2.40. The van der Waals surface area contributed by atoms with Crippen LogP contribution in [0.25, 0.3) is 11.6 Å². The summed E-state index contributed by atoms with van der Waals surface area (Å²) < 4.78 is 11.7. The Labute approximate surface area is 105 Å². The summed E-state index contributed by atoms with van der Waals surface area (Å²) in [5.74, 6) is 1.89. The van der Waals surface area contributed by atoms with Crippen molar-refractivity contribution in [2.24, 2.45) is 0 Å². The van der Waals surface area contributed by atoms with Gasteiger partial charge in [0.25, 0.3) is 0 Å². The molecule has 2 aromatic rings. The summed E-state index contributed by atoms with van der Waals surface area (Å²) in [5.41, 5.74) is 3.50. The van der Waals surface area contributed by atoms with E-state index in [9.17, 15) is 0 Å². The van der Waals surface area contributed by atoms with Crippen molar-refractivity contribution in [3.05, 3.63) is 59.7 Å². The van der Waals surface area contributed by atoms with E-state index in [0.717, 1.165) is 22.6 Å². The normalized spacial score (nSPS) is 19.6. The molecule has 0 aliphatic carbocycles. The molecule has 0 N–H and O–H groups in total. The SMILES string of the molecule is C1=C2c3ccccc3OCC2Oc2ccccc21. The molecule has 0 bridgehead atoms. The summed E-state index contributed by atoms with van der Waals surface area (Å²) in [6, 6.07) is 16.2. The third-order valence-electron chi connectivity index (χ3n) is 3.43. The molecule has 0 spiro atoms. The Morgan fingerprint density at radius 1 is 0.889 bits per heavy atom. The van der Waals surface area contributed by atoms with E-state index in [1.807, 2.05) is 36.4 Å². The minimum Gasteiger partial charge on any atom is -0.489 e. The van der Waals surface area contributed by atoms with Gasteiger partial charge in [0.15, 0.2) is 6.10 Å². The van der Waals surface area contributed by atoms with Gasteiger partial charge in [0, 0.05) is 16.7 Å². The molecule has 1 unspecified atom stereocenters. The second-order valence-electron chi connectivity index (χ2n) is 4.55. The van der Waals surface area contributed by atoms with Crippen LogP contribution in [0, 0.1) is 0 Å². The molecule has 4 rings (SSSR count). The minimum absolute atomic E-state index is 0.00907. The second kappa shape index (κ2) is 3.64. The maximum atomic E-state index is 6.00. The zero-order valence-corrected chi connectivity index (χ0v) is 9.80. The van der Waals surface area contributed by atoms with Crippen LogP contribution in [0.5, 0.6) is 11.5 Å². The number of benzene rings is 2. The summed E-state index contributed by atoms with van der Waals surface area (Å²) >= 11 is 0. The van der Waals surface area contributed by atoms with Crippen LogP contribution in [-0.4, -0.2) is 12.7 Å². The van der Waals surface area contributed by atoms with Crippen LogP contribution >= 0.6 is 0 Å². The largest absolute Gasteiger partial charge is 0.489 e. The molecule has 2 aromatic carbocycles. The molecule has 18 heavy (non-hydrogen) atoms. The Morgan fingerprint density at radius 2 is 1.67 bits per heavy atom. The molecule has 1 atom stereocenters. The number of hydrogen-bond acceptors (Lipinski definition) is 2. The van der Waals surface area contributed by atoms with Gasteiger partial charge >= 0.3 is 0 Å². The molecule has 88 valence electrons. The molecule has 2 nitrogen and oxygen atoms in total. The summed E-state index contributed by atoms with van der Waals surface area (Å²) in [4.78, 5) is 0. The standard InChI is InChI=1S/C16H12O2/c1-3-7-14-11(5-1)9-13-12-6-2-4-8-15(12)17-10-16(13)18-14/h1-9,16H,10H2. The molecule has 2 aliphatic heterocycles. The van der Waals surface area contributed by atoms with Gasteiger partial charge in [0.2, 0.25) is 0 Å². The van der Waals surface area contributed by atoms with Crippen LogP contribution < -0.4 is 9.47 Å². The Bertz CT molecular complexity index is 643. The van der Waals surface area contributed by atoms with E-state index in [0.29, 0.717) is 6.61 Å². The van der Waals surface area contributed by atoms with Gasteiger partial charge in [-0.1, -0.05) is 36.4 Å². The molecule has 0 fully saturated rings. The second-order valence-corrected chi connectivity index (χ2v) is 4.55. The Balaban J connectivity index is 1.91. The van der Waals surface area contributed by atoms with E-state index in [1.165, 1.54) is 5.57 Å². The molecule has 2 heterocycles. The van der Waals surface area contributed by atoms with Crippen LogP contribution in [0.2, 0.25) is 0 Å². The Kier molecular flexibility index (Phi) is 1.97. The van der Waals surface area contributed by atoms with Crippen molar-refractivity contribution in [1.82, 2.24) is 0 Å². The maximum Gasteiger partial charge on any atom is 0.158 e. The molecule has 0 amide bonds. The number of rotatable bonds is 0. The summed E-state index contributed by atoms with van der Waals surface area (Å²) in [7, 11) is 0. The molecule has 2 aliphatic rings. The van der Waals surface area contributed by atoms with E-state index >= 15 is 0 Å². The van der Waals surface area contributed by atoms with Crippen LogP contribution in [0.1, 0.15) is 11.1 Å². The quantitative estimate of drug-likeness (QED) is 0.698. The molecule has 0 aromatic heterocycles. The van der Waals surface area contributed by atoms with Crippen molar-refractivity contribution >= 4 is 11.6 Å². The zero-order chi connectivity index (χ0) is 11.9. The maximum absolute atomic E-state index is 6.00. The number of hydrogen-bond donors (Lipinski definition) is 0. The van der Waals surface area contributed by atoms with Gasteiger partial charge in [-0.2, -0.15) is 0 Å². The fourth-order valence-corrected chi connectivity index (χ4v) is 2.56. The monoisotopic (exact) mass is 236 g/mol. The average molecular weight is 236 g/mol. The average Bonchev–Trinajstić information content (AvgIpc) is 2.45. The smallest absolute Gasteiger partial charge is 0.158 e. The fraction of sp³-hybridized carbons (Fsp3) is 0.125. The van der Waals surface area contributed by atoms with Gasteiger partial charge in [-0.15, -0.1) is 0 Å². The van der Waals surface area contributed by atoms with E-state index in [1.54, 1.807) is 0 Å². The predicted molar refractivity (Wildman–Crippen MR) is 70.7 cm³/mol. The van der Waals surface area contributed by atoms with E-state index < -0.39 is 0 Å². The summed E-state index contributed by atoms with van der Waals surface area (Å²) in [6.45, 7) is 0.581. The lowest BCUT2D eigenvalue weighted by Crippen LogP contribution is -2.32. The predicted octanol–water partition coefficient (Wildman–Crippen LogP) is 3.38. The van der Waals surface area contributed by atoms with Crippen LogP contribution in [0.3, 0.4) is 0 Å². The van der Waals surface area contributed by atoms with Crippen molar-refractivity contribution in [1.29, 1.82) is 0 Å². The van der Waals surface area contributed by atoms with Gasteiger partial charge in [-0.05, 0) is 18.2 Å². The highest BCUT2D eigenvalue weighted by Gasteiger charge is 2.29. The van der Waals surface area contributed by atoms with Crippen molar-refractivity contribution < 1.29 is 9.47 Å². The number of para-hydroxylation sites is 2. The van der Waals surface area contributed by atoms with E-state index in [4.69, 9.17) is 9.47 Å². The first-order valence-corrected chi connectivity index (χ1v) is 6.11. The third-order valence-corrected chi connectivity index (χ3v) is 3.43. The third kappa shape index (κ3) is 1.35. The summed E-state index contributed by atoms with van der Waals surface area (Å²) in [5, 5.41) is 0. The van der Waals surface area contributed by atoms with Crippen molar-refractivity contribution in [3.8, 4) is 11.5 Å². The highest BCUT2D eigenvalue weighted by atomic mass is 16.5. The highest BCUT2D eigenvalue weighted by molar-refractivity contribution is 5.90. The van der Waals surface area contributed by atoms with Gasteiger partial charge in [0.1, 0.15) is 18.1 Å². The van der Waals surface area contributed by atoms with Crippen molar-refractivity contribution in [3.63, 3.8) is 0 Å². The Morgan fingerprint density at radius 3 is 2.61 bits per heavy atom. The number of fused-ring (bicyclic) bond motifs is 4. The molecular formula is C16H12O2. The first kappa shape index (κ1) is 9.77. The van der Waals surface area contributed by atoms with E-state index in [-0.39, 0.29) is 6.10 Å². The molecule has 0 saturated heterocycles. The lowest BCUT2D eigenvalue weighted by atomic mass is 9.93. The van der Waals surface area contributed by atoms with Gasteiger partial charge in [-0.25, -0.2) is 0 Å². The fourth-order valence-electron chi connectivity index (χ4n) is 2.56. The van der Waals surface area contributed by atoms with Crippen LogP contribution in [-0.2, 0) is 0 Å².